The lowest BCUT2D eigenvalue weighted by molar-refractivity contribution is -0.127. The molecule has 3 aliphatic rings. The molecule has 0 spiro atoms. The zero-order valence-electron chi connectivity index (χ0n) is 19.1. The lowest BCUT2D eigenvalue weighted by Gasteiger charge is -2.33. The Labute approximate surface area is 199 Å². The Kier molecular flexibility index (Phi) is 6.07. The molecule has 3 atom stereocenters. The van der Waals surface area contributed by atoms with Crippen LogP contribution in [-0.2, 0) is 26.0 Å². The van der Waals surface area contributed by atoms with Crippen LogP contribution in [0.1, 0.15) is 49.8 Å². The van der Waals surface area contributed by atoms with E-state index in [-0.39, 0.29) is 29.3 Å². The molecule has 1 aliphatic carbocycles. The van der Waals surface area contributed by atoms with Gasteiger partial charge in [0, 0.05) is 13.1 Å². The molecule has 2 aromatic rings. The van der Waals surface area contributed by atoms with Crippen molar-refractivity contribution in [2.24, 2.45) is 5.92 Å². The highest BCUT2D eigenvalue weighted by atomic mass is 32.2. The fraction of sp³-hybridized carbons (Fsp3) is 0.440. The zero-order chi connectivity index (χ0) is 23.9. The molecule has 180 valence electrons. The van der Waals surface area contributed by atoms with E-state index < -0.39 is 22.0 Å². The number of amides is 2. The van der Waals surface area contributed by atoms with E-state index in [0.717, 1.165) is 24.8 Å². The van der Waals surface area contributed by atoms with Crippen LogP contribution in [0.15, 0.2) is 47.4 Å². The number of nitrogens with one attached hydrogen (secondary N) is 2. The first-order valence-corrected chi connectivity index (χ1v) is 13.3. The van der Waals surface area contributed by atoms with Gasteiger partial charge in [0.05, 0.1) is 22.5 Å². The van der Waals surface area contributed by atoms with Gasteiger partial charge in [-0.15, -0.1) is 0 Å². The van der Waals surface area contributed by atoms with Crippen molar-refractivity contribution in [3.63, 3.8) is 0 Å². The summed E-state index contributed by atoms with van der Waals surface area (Å²) in [6, 6.07) is 12.6. The fourth-order valence-electron chi connectivity index (χ4n) is 5.07. The molecular formula is C25H29N3O5S. The van der Waals surface area contributed by atoms with Gasteiger partial charge in [0.2, 0.25) is 15.9 Å². The maximum atomic E-state index is 13.4. The Balaban J connectivity index is 1.30. The standard InChI is InChI=1S/C25H29N3O5S/c1-16-24(29)27-22-14-19(11-12-23(22)33-16)34(31,32)28-13-5-8-18(15-28)25(30)26-21-10-4-7-17-6-2-3-9-20(17)21/h2-3,6,9,11-12,14,16,18,21H,4-5,7-8,10,13,15H2,1H3,(H,26,30)(H,27,29). The number of piperidine rings is 1. The van der Waals surface area contributed by atoms with E-state index in [9.17, 15) is 18.0 Å². The number of carbonyl (C=O) groups excluding carboxylic acids is 2. The van der Waals surface area contributed by atoms with Crippen molar-refractivity contribution in [3.8, 4) is 5.75 Å². The minimum absolute atomic E-state index is 0.0314. The van der Waals surface area contributed by atoms with Gasteiger partial charge in [-0.05, 0) is 68.4 Å². The number of fused-ring (bicyclic) bond motifs is 2. The molecule has 2 amide bonds. The average Bonchev–Trinajstić information content (AvgIpc) is 2.85. The highest BCUT2D eigenvalue weighted by Crippen LogP contribution is 2.34. The van der Waals surface area contributed by atoms with Gasteiger partial charge in [-0.2, -0.15) is 4.31 Å². The highest BCUT2D eigenvalue weighted by Gasteiger charge is 2.35. The number of sulfonamides is 1. The lowest BCUT2D eigenvalue weighted by atomic mass is 9.87. The molecular weight excluding hydrogens is 454 g/mol. The zero-order valence-corrected chi connectivity index (χ0v) is 19.9. The number of hydrogen-bond donors (Lipinski definition) is 2. The molecule has 0 aromatic heterocycles. The van der Waals surface area contributed by atoms with Crippen LogP contribution >= 0.6 is 0 Å². The molecule has 2 aromatic carbocycles. The average molecular weight is 484 g/mol. The molecule has 3 unspecified atom stereocenters. The van der Waals surface area contributed by atoms with Gasteiger partial charge in [0.15, 0.2) is 6.10 Å². The first-order chi connectivity index (χ1) is 16.3. The first kappa shape index (κ1) is 22.9. The van der Waals surface area contributed by atoms with Crippen molar-refractivity contribution in [2.45, 2.75) is 56.1 Å². The molecule has 1 saturated heterocycles. The van der Waals surface area contributed by atoms with E-state index >= 15 is 0 Å². The van der Waals surface area contributed by atoms with Gasteiger partial charge in [0.25, 0.3) is 5.91 Å². The second kappa shape index (κ2) is 9.03. The maximum Gasteiger partial charge on any atom is 0.265 e. The van der Waals surface area contributed by atoms with E-state index in [1.807, 2.05) is 12.1 Å². The number of ether oxygens (including phenoxy) is 1. The first-order valence-electron chi connectivity index (χ1n) is 11.8. The molecule has 0 bridgehead atoms. The van der Waals surface area contributed by atoms with E-state index in [2.05, 4.69) is 22.8 Å². The number of anilines is 1. The number of carbonyl (C=O) groups is 2. The summed E-state index contributed by atoms with van der Waals surface area (Å²) in [6.07, 6.45) is 3.55. The predicted molar refractivity (Wildman–Crippen MR) is 127 cm³/mol. The second-order valence-electron chi connectivity index (χ2n) is 9.26. The van der Waals surface area contributed by atoms with Gasteiger partial charge in [0.1, 0.15) is 5.75 Å². The minimum Gasteiger partial charge on any atom is -0.479 e. The third-order valence-electron chi connectivity index (χ3n) is 6.96. The van der Waals surface area contributed by atoms with E-state index in [0.29, 0.717) is 30.8 Å². The van der Waals surface area contributed by atoms with Crippen LogP contribution in [0, 0.1) is 5.92 Å². The third-order valence-corrected chi connectivity index (χ3v) is 8.82. The van der Waals surface area contributed by atoms with Gasteiger partial charge in [-0.3, -0.25) is 9.59 Å². The SMILES string of the molecule is CC1Oc2ccc(S(=O)(=O)N3CCCC(C(=O)NC4CCCc5ccccc54)C3)cc2NC1=O. The smallest absolute Gasteiger partial charge is 0.265 e. The normalized spacial score (nSPS) is 24.9. The molecule has 0 radical (unpaired) electrons. The second-order valence-corrected chi connectivity index (χ2v) is 11.2. The number of aryl methyl sites for hydroxylation is 1. The van der Waals surface area contributed by atoms with Crippen molar-refractivity contribution in [1.82, 2.24) is 9.62 Å². The van der Waals surface area contributed by atoms with Gasteiger partial charge in [-0.25, -0.2) is 8.42 Å². The van der Waals surface area contributed by atoms with Gasteiger partial charge < -0.3 is 15.4 Å². The molecule has 5 rings (SSSR count). The largest absolute Gasteiger partial charge is 0.479 e. The van der Waals surface area contributed by atoms with Crippen molar-refractivity contribution < 1.29 is 22.7 Å². The summed E-state index contributed by atoms with van der Waals surface area (Å²) in [5.41, 5.74) is 2.77. The number of rotatable bonds is 4. The van der Waals surface area contributed by atoms with Crippen LogP contribution in [-0.4, -0.2) is 43.7 Å². The maximum absolute atomic E-state index is 13.4. The molecule has 9 heteroatoms. The predicted octanol–water partition coefficient (Wildman–Crippen LogP) is 3.00. The fourth-order valence-corrected chi connectivity index (χ4v) is 6.62. The van der Waals surface area contributed by atoms with E-state index in [1.54, 1.807) is 13.0 Å². The molecule has 2 aliphatic heterocycles. The summed E-state index contributed by atoms with van der Waals surface area (Å²) in [4.78, 5) is 25.2. The quantitative estimate of drug-likeness (QED) is 0.696. The third kappa shape index (κ3) is 4.30. The summed E-state index contributed by atoms with van der Waals surface area (Å²) in [7, 11) is -3.83. The van der Waals surface area contributed by atoms with Gasteiger partial charge >= 0.3 is 0 Å². The summed E-state index contributed by atoms with van der Waals surface area (Å²) in [5, 5.41) is 5.88. The van der Waals surface area contributed by atoms with Crippen molar-refractivity contribution in [3.05, 3.63) is 53.6 Å². The number of benzene rings is 2. The monoisotopic (exact) mass is 483 g/mol. The van der Waals surface area contributed by atoms with Gasteiger partial charge in [-0.1, -0.05) is 24.3 Å². The Morgan fingerprint density at radius 2 is 1.97 bits per heavy atom. The Hall–Kier alpha value is -2.91. The Morgan fingerprint density at radius 1 is 1.15 bits per heavy atom. The highest BCUT2D eigenvalue weighted by molar-refractivity contribution is 7.89. The molecule has 8 nitrogen and oxygen atoms in total. The summed E-state index contributed by atoms with van der Waals surface area (Å²) in [6.45, 7) is 2.13. The molecule has 2 N–H and O–H groups in total. The van der Waals surface area contributed by atoms with Crippen LogP contribution < -0.4 is 15.4 Å². The molecule has 0 saturated carbocycles. The summed E-state index contributed by atoms with van der Waals surface area (Å²) in [5.74, 6) is -0.378. The van der Waals surface area contributed by atoms with Crippen molar-refractivity contribution >= 4 is 27.5 Å². The molecule has 34 heavy (non-hydrogen) atoms. The minimum atomic E-state index is -3.83. The Bertz CT molecular complexity index is 1230. The molecule has 2 heterocycles. The van der Waals surface area contributed by atoms with Crippen molar-refractivity contribution in [1.29, 1.82) is 0 Å². The number of hydrogen-bond acceptors (Lipinski definition) is 5. The van der Waals surface area contributed by atoms with Crippen LogP contribution in [0.4, 0.5) is 5.69 Å². The summed E-state index contributed by atoms with van der Waals surface area (Å²) >= 11 is 0. The van der Waals surface area contributed by atoms with Crippen molar-refractivity contribution in [2.75, 3.05) is 18.4 Å². The lowest BCUT2D eigenvalue weighted by Crippen LogP contribution is -2.46. The van der Waals surface area contributed by atoms with Crippen LogP contribution in [0.25, 0.3) is 0 Å². The Morgan fingerprint density at radius 3 is 2.82 bits per heavy atom. The molecule has 1 fully saturated rings. The number of nitrogens with zero attached hydrogens (tertiary/aromatic N) is 1. The van der Waals surface area contributed by atoms with Crippen LogP contribution in [0.2, 0.25) is 0 Å². The topological polar surface area (TPSA) is 105 Å². The van der Waals surface area contributed by atoms with Crippen LogP contribution in [0.3, 0.4) is 0 Å². The summed E-state index contributed by atoms with van der Waals surface area (Å²) < 4.78 is 33.7. The van der Waals surface area contributed by atoms with E-state index in [4.69, 9.17) is 4.74 Å². The van der Waals surface area contributed by atoms with E-state index in [1.165, 1.54) is 22.0 Å². The van der Waals surface area contributed by atoms with Crippen LogP contribution in [0.5, 0.6) is 5.75 Å².